The van der Waals surface area contributed by atoms with E-state index in [1.165, 1.54) is 0 Å². The fraction of sp³-hybridized carbons (Fsp3) is 0.200. The standard InChI is InChI=1S/C15H12Br2ClNO2/c16-11-7-10(1-2-13(11)18)19-8-9-5-12(17)15-14(6-9)20-3-4-21-15/h1-2,5-7,19H,3-4,8H2. The molecule has 1 aliphatic heterocycles. The van der Waals surface area contributed by atoms with Crippen LogP contribution in [0.4, 0.5) is 5.69 Å². The van der Waals surface area contributed by atoms with Crippen LogP contribution in [0.1, 0.15) is 5.56 Å². The Labute approximate surface area is 144 Å². The van der Waals surface area contributed by atoms with Crippen LogP contribution in [0.25, 0.3) is 0 Å². The zero-order valence-electron chi connectivity index (χ0n) is 11.0. The van der Waals surface area contributed by atoms with Gasteiger partial charge in [0.2, 0.25) is 0 Å². The van der Waals surface area contributed by atoms with Crippen molar-refractivity contribution in [3.05, 3.63) is 49.9 Å². The topological polar surface area (TPSA) is 30.5 Å². The van der Waals surface area contributed by atoms with Crippen LogP contribution >= 0.6 is 43.5 Å². The Balaban J connectivity index is 1.76. The highest BCUT2D eigenvalue weighted by Gasteiger charge is 2.16. The van der Waals surface area contributed by atoms with Crippen molar-refractivity contribution in [1.29, 1.82) is 0 Å². The summed E-state index contributed by atoms with van der Waals surface area (Å²) in [6.45, 7) is 1.85. The van der Waals surface area contributed by atoms with Crippen LogP contribution in [0.3, 0.4) is 0 Å². The molecule has 1 heterocycles. The van der Waals surface area contributed by atoms with Crippen LogP contribution in [0.5, 0.6) is 11.5 Å². The zero-order chi connectivity index (χ0) is 14.8. The van der Waals surface area contributed by atoms with Gasteiger partial charge in [0.25, 0.3) is 0 Å². The first-order chi connectivity index (χ1) is 10.1. The van der Waals surface area contributed by atoms with Crippen molar-refractivity contribution in [3.63, 3.8) is 0 Å². The molecular formula is C15H12Br2ClNO2. The predicted octanol–water partition coefficient (Wildman–Crippen LogP) is 5.25. The Morgan fingerprint density at radius 1 is 1.05 bits per heavy atom. The number of halogens is 3. The number of hydrogen-bond donors (Lipinski definition) is 1. The first-order valence-corrected chi connectivity index (χ1v) is 8.37. The maximum Gasteiger partial charge on any atom is 0.175 e. The van der Waals surface area contributed by atoms with Crippen molar-refractivity contribution in [2.45, 2.75) is 6.54 Å². The lowest BCUT2D eigenvalue weighted by atomic mass is 10.2. The molecule has 0 amide bonds. The first-order valence-electron chi connectivity index (χ1n) is 6.40. The van der Waals surface area contributed by atoms with E-state index < -0.39 is 0 Å². The Kier molecular flexibility index (Phi) is 4.62. The molecule has 0 unspecified atom stereocenters. The second-order valence-corrected chi connectivity index (χ2v) is 6.70. The van der Waals surface area contributed by atoms with Crippen molar-refractivity contribution in [3.8, 4) is 11.5 Å². The molecule has 1 aliphatic rings. The molecule has 1 N–H and O–H groups in total. The molecule has 2 aromatic rings. The Morgan fingerprint density at radius 3 is 2.67 bits per heavy atom. The van der Waals surface area contributed by atoms with Gasteiger partial charge in [-0.3, -0.25) is 0 Å². The van der Waals surface area contributed by atoms with Gasteiger partial charge in [0.15, 0.2) is 11.5 Å². The Hall–Kier alpha value is -0.910. The van der Waals surface area contributed by atoms with Gasteiger partial charge in [-0.1, -0.05) is 11.6 Å². The smallest absolute Gasteiger partial charge is 0.175 e. The van der Waals surface area contributed by atoms with Gasteiger partial charge in [-0.25, -0.2) is 0 Å². The van der Waals surface area contributed by atoms with E-state index in [-0.39, 0.29) is 0 Å². The minimum Gasteiger partial charge on any atom is -0.486 e. The molecule has 0 saturated heterocycles. The van der Waals surface area contributed by atoms with Gasteiger partial charge in [-0.2, -0.15) is 0 Å². The minimum absolute atomic E-state index is 0.584. The van der Waals surface area contributed by atoms with E-state index in [2.05, 4.69) is 37.2 Å². The molecule has 0 radical (unpaired) electrons. The van der Waals surface area contributed by atoms with Gasteiger partial charge in [-0.15, -0.1) is 0 Å². The normalized spacial score (nSPS) is 13.1. The van der Waals surface area contributed by atoms with Gasteiger partial charge < -0.3 is 14.8 Å². The number of hydrogen-bond acceptors (Lipinski definition) is 3. The quantitative estimate of drug-likeness (QED) is 0.717. The maximum absolute atomic E-state index is 5.99. The van der Waals surface area contributed by atoms with E-state index in [9.17, 15) is 0 Å². The predicted molar refractivity (Wildman–Crippen MR) is 91.6 cm³/mol. The van der Waals surface area contributed by atoms with Crippen LogP contribution in [-0.4, -0.2) is 13.2 Å². The third-order valence-corrected chi connectivity index (χ3v) is 4.88. The maximum atomic E-state index is 5.99. The Morgan fingerprint density at radius 2 is 1.86 bits per heavy atom. The SMILES string of the molecule is Clc1ccc(NCc2cc(Br)c3c(c2)OCCO3)cc1Br. The number of anilines is 1. The summed E-state index contributed by atoms with van der Waals surface area (Å²) in [5.41, 5.74) is 2.11. The molecule has 2 aromatic carbocycles. The molecule has 0 aliphatic carbocycles. The van der Waals surface area contributed by atoms with Crippen LogP contribution in [0.15, 0.2) is 39.3 Å². The molecular weight excluding hydrogens is 421 g/mol. The molecule has 0 spiro atoms. The molecule has 0 fully saturated rings. The lowest BCUT2D eigenvalue weighted by Crippen LogP contribution is -2.16. The summed E-state index contributed by atoms with van der Waals surface area (Å²) in [6, 6.07) is 9.78. The third kappa shape index (κ3) is 3.47. The average Bonchev–Trinajstić information content (AvgIpc) is 2.49. The van der Waals surface area contributed by atoms with E-state index in [1.807, 2.05) is 30.3 Å². The first kappa shape index (κ1) is 15.0. The molecule has 3 nitrogen and oxygen atoms in total. The third-order valence-electron chi connectivity index (χ3n) is 3.07. The monoisotopic (exact) mass is 431 g/mol. The highest BCUT2D eigenvalue weighted by molar-refractivity contribution is 9.10. The van der Waals surface area contributed by atoms with Crippen molar-refractivity contribution >= 4 is 49.1 Å². The fourth-order valence-electron chi connectivity index (χ4n) is 2.08. The van der Waals surface area contributed by atoms with Crippen LogP contribution in [0, 0.1) is 0 Å². The van der Waals surface area contributed by atoms with Gasteiger partial charge >= 0.3 is 0 Å². The second kappa shape index (κ2) is 6.46. The molecule has 3 rings (SSSR count). The largest absolute Gasteiger partial charge is 0.486 e. The summed E-state index contributed by atoms with van der Waals surface area (Å²) < 4.78 is 13.0. The lowest BCUT2D eigenvalue weighted by molar-refractivity contribution is 0.170. The van der Waals surface area contributed by atoms with Crippen molar-refractivity contribution in [1.82, 2.24) is 0 Å². The van der Waals surface area contributed by atoms with Crippen LogP contribution in [-0.2, 0) is 6.54 Å². The van der Waals surface area contributed by atoms with Gasteiger partial charge in [0, 0.05) is 16.7 Å². The Bertz CT molecular complexity index is 679. The van der Waals surface area contributed by atoms with E-state index in [0.29, 0.717) is 24.8 Å². The van der Waals surface area contributed by atoms with E-state index in [0.717, 1.165) is 31.7 Å². The number of rotatable bonds is 3. The molecule has 6 heteroatoms. The van der Waals surface area contributed by atoms with Crippen molar-refractivity contribution in [2.24, 2.45) is 0 Å². The van der Waals surface area contributed by atoms with E-state index in [4.69, 9.17) is 21.1 Å². The van der Waals surface area contributed by atoms with Gasteiger partial charge in [0.05, 0.1) is 9.50 Å². The summed E-state index contributed by atoms with van der Waals surface area (Å²) in [5.74, 6) is 1.56. The molecule has 21 heavy (non-hydrogen) atoms. The highest BCUT2D eigenvalue weighted by Crippen LogP contribution is 2.38. The highest BCUT2D eigenvalue weighted by atomic mass is 79.9. The van der Waals surface area contributed by atoms with Crippen molar-refractivity contribution < 1.29 is 9.47 Å². The number of benzene rings is 2. The lowest BCUT2D eigenvalue weighted by Gasteiger charge is -2.20. The summed E-state index contributed by atoms with van der Waals surface area (Å²) in [5, 5.41) is 4.05. The molecule has 0 atom stereocenters. The summed E-state index contributed by atoms with van der Waals surface area (Å²) in [4.78, 5) is 0. The van der Waals surface area contributed by atoms with Crippen LogP contribution in [0.2, 0.25) is 5.02 Å². The van der Waals surface area contributed by atoms with E-state index in [1.54, 1.807) is 0 Å². The summed E-state index contributed by atoms with van der Waals surface area (Å²) >= 11 is 12.9. The molecule has 0 saturated carbocycles. The molecule has 0 aromatic heterocycles. The fourth-order valence-corrected chi connectivity index (χ4v) is 3.18. The minimum atomic E-state index is 0.584. The summed E-state index contributed by atoms with van der Waals surface area (Å²) in [6.07, 6.45) is 0. The average molecular weight is 434 g/mol. The van der Waals surface area contributed by atoms with Crippen LogP contribution < -0.4 is 14.8 Å². The zero-order valence-corrected chi connectivity index (χ0v) is 14.9. The van der Waals surface area contributed by atoms with Gasteiger partial charge in [-0.05, 0) is 67.8 Å². The van der Waals surface area contributed by atoms with Crippen molar-refractivity contribution in [2.75, 3.05) is 18.5 Å². The number of fused-ring (bicyclic) bond motifs is 1. The van der Waals surface area contributed by atoms with Gasteiger partial charge in [0.1, 0.15) is 13.2 Å². The second-order valence-electron chi connectivity index (χ2n) is 4.58. The number of nitrogens with one attached hydrogen (secondary N) is 1. The molecule has 110 valence electrons. The molecule has 0 bridgehead atoms. The summed E-state index contributed by atoms with van der Waals surface area (Å²) in [7, 11) is 0. The van der Waals surface area contributed by atoms with E-state index >= 15 is 0 Å². The number of ether oxygens (including phenoxy) is 2.